The Balaban J connectivity index is 3.27. The first kappa shape index (κ1) is 8.82. The Morgan fingerprint density at radius 1 is 1.78 bits per heavy atom. The van der Waals surface area contributed by atoms with Gasteiger partial charge < -0.3 is 4.74 Å². The van der Waals surface area contributed by atoms with Crippen molar-refractivity contribution in [3.05, 3.63) is 0 Å². The highest BCUT2D eigenvalue weighted by Gasteiger charge is 2.02. The van der Waals surface area contributed by atoms with E-state index in [2.05, 4.69) is 12.6 Å². The molecule has 9 heavy (non-hydrogen) atoms. The van der Waals surface area contributed by atoms with Gasteiger partial charge in [0.2, 0.25) is 0 Å². The molecule has 0 radical (unpaired) electrons. The molecule has 0 spiro atoms. The molecule has 0 aromatic rings. The fraction of sp³-hybridized carbons (Fsp3) is 0.833. The van der Waals surface area contributed by atoms with Crippen LogP contribution in [0, 0.1) is 0 Å². The number of carbonyl (C=O) groups excluding carboxylic acids is 1. The van der Waals surface area contributed by atoms with Crippen molar-refractivity contribution in [1.29, 1.82) is 0 Å². The monoisotopic (exact) mass is 148 g/mol. The lowest BCUT2D eigenvalue weighted by Crippen LogP contribution is -2.08. The lowest BCUT2D eigenvalue weighted by molar-refractivity contribution is -0.144. The largest absolute Gasteiger partial charge is 0.452 e. The van der Waals surface area contributed by atoms with E-state index in [1.165, 1.54) is 0 Å². The van der Waals surface area contributed by atoms with E-state index in [1.807, 2.05) is 6.92 Å². The molecule has 0 aliphatic rings. The maximum Gasteiger partial charge on any atom is 0.306 e. The zero-order chi connectivity index (χ0) is 7.28. The van der Waals surface area contributed by atoms with Gasteiger partial charge in [0, 0.05) is 6.42 Å². The molecule has 0 heterocycles. The summed E-state index contributed by atoms with van der Waals surface area (Å²) in [6.45, 7) is 3.65. The van der Waals surface area contributed by atoms with Crippen molar-refractivity contribution in [2.24, 2.45) is 0 Å². The Kier molecular flexibility index (Phi) is 4.58. The number of rotatable bonds is 3. The van der Waals surface area contributed by atoms with Crippen LogP contribution in [0.1, 0.15) is 26.7 Å². The fourth-order valence-electron chi connectivity index (χ4n) is 0.453. The second-order valence-corrected chi connectivity index (χ2v) is 2.57. The van der Waals surface area contributed by atoms with Crippen molar-refractivity contribution in [1.82, 2.24) is 0 Å². The summed E-state index contributed by atoms with van der Waals surface area (Å²) in [5, 5.41) is 0. The van der Waals surface area contributed by atoms with E-state index in [1.54, 1.807) is 6.92 Å². The highest BCUT2D eigenvalue weighted by molar-refractivity contribution is 7.80. The average Bonchev–Trinajstić information content (AvgIpc) is 1.63. The molecule has 0 bridgehead atoms. The molecule has 0 amide bonds. The van der Waals surface area contributed by atoms with Gasteiger partial charge in [0.05, 0.1) is 0 Å². The van der Waals surface area contributed by atoms with Crippen molar-refractivity contribution < 1.29 is 9.53 Å². The van der Waals surface area contributed by atoms with E-state index >= 15 is 0 Å². The average molecular weight is 148 g/mol. The van der Waals surface area contributed by atoms with Crippen molar-refractivity contribution >= 4 is 18.6 Å². The van der Waals surface area contributed by atoms with Gasteiger partial charge in [0.25, 0.3) is 0 Å². The first-order valence-corrected chi connectivity index (χ1v) is 3.56. The highest BCUT2D eigenvalue weighted by Crippen LogP contribution is 1.99. The molecule has 0 aliphatic carbocycles. The van der Waals surface area contributed by atoms with Gasteiger partial charge in [0.15, 0.2) is 0 Å². The lowest BCUT2D eigenvalue weighted by atomic mass is 10.3. The Labute approximate surface area is 61.0 Å². The fourth-order valence-corrected chi connectivity index (χ4v) is 0.571. The molecule has 1 unspecified atom stereocenters. The lowest BCUT2D eigenvalue weighted by Gasteiger charge is -2.04. The molecule has 1 atom stereocenters. The molecule has 0 rings (SSSR count). The molecule has 0 saturated carbocycles. The van der Waals surface area contributed by atoms with E-state index in [-0.39, 0.29) is 11.4 Å². The van der Waals surface area contributed by atoms with E-state index in [9.17, 15) is 4.79 Å². The van der Waals surface area contributed by atoms with Gasteiger partial charge >= 0.3 is 5.97 Å². The molecule has 0 aromatic carbocycles. The topological polar surface area (TPSA) is 26.3 Å². The van der Waals surface area contributed by atoms with Crippen LogP contribution in [0.3, 0.4) is 0 Å². The summed E-state index contributed by atoms with van der Waals surface area (Å²) in [6.07, 6.45) is 1.32. The second kappa shape index (κ2) is 4.68. The number of hydrogen-bond acceptors (Lipinski definition) is 3. The molecule has 3 heteroatoms. The van der Waals surface area contributed by atoms with Crippen molar-refractivity contribution in [2.45, 2.75) is 32.1 Å². The van der Waals surface area contributed by atoms with Crippen LogP contribution in [0.5, 0.6) is 0 Å². The van der Waals surface area contributed by atoms with Gasteiger partial charge in [-0.3, -0.25) is 4.79 Å². The Bertz CT molecular complexity index is 91.1. The van der Waals surface area contributed by atoms with Crippen LogP contribution in [0.15, 0.2) is 0 Å². The van der Waals surface area contributed by atoms with Crippen molar-refractivity contribution in [3.8, 4) is 0 Å². The molecule has 0 N–H and O–H groups in total. The maximum absolute atomic E-state index is 10.6. The summed E-state index contributed by atoms with van der Waals surface area (Å²) >= 11 is 3.89. The van der Waals surface area contributed by atoms with E-state index < -0.39 is 0 Å². The standard InChI is InChI=1S/C6H12O2S/c1-3-4-6(7)8-5(2)9/h5,9H,3-4H2,1-2H3. The normalized spacial score (nSPS) is 12.8. The third-order valence-corrected chi connectivity index (χ3v) is 0.862. The molecule has 54 valence electrons. The van der Waals surface area contributed by atoms with Crippen LogP contribution in [-0.2, 0) is 9.53 Å². The molecule has 0 aromatic heterocycles. The van der Waals surface area contributed by atoms with Crippen molar-refractivity contribution in [3.63, 3.8) is 0 Å². The van der Waals surface area contributed by atoms with Gasteiger partial charge in [-0.1, -0.05) is 6.92 Å². The van der Waals surface area contributed by atoms with Gasteiger partial charge in [-0.15, -0.1) is 12.6 Å². The second-order valence-electron chi connectivity index (χ2n) is 1.84. The number of thiol groups is 1. The summed E-state index contributed by atoms with van der Waals surface area (Å²) < 4.78 is 4.72. The Morgan fingerprint density at radius 2 is 2.33 bits per heavy atom. The maximum atomic E-state index is 10.6. The Morgan fingerprint density at radius 3 is 2.67 bits per heavy atom. The van der Waals surface area contributed by atoms with Crippen LogP contribution >= 0.6 is 12.6 Å². The Hall–Kier alpha value is -0.180. The molecule has 0 fully saturated rings. The number of esters is 1. The zero-order valence-electron chi connectivity index (χ0n) is 5.76. The smallest absolute Gasteiger partial charge is 0.306 e. The molecule has 2 nitrogen and oxygen atoms in total. The summed E-state index contributed by atoms with van der Waals surface area (Å²) in [5.41, 5.74) is -0.274. The van der Waals surface area contributed by atoms with Gasteiger partial charge in [-0.2, -0.15) is 0 Å². The van der Waals surface area contributed by atoms with E-state index in [0.29, 0.717) is 6.42 Å². The van der Waals surface area contributed by atoms with Gasteiger partial charge in [0.1, 0.15) is 5.44 Å². The van der Waals surface area contributed by atoms with E-state index in [0.717, 1.165) is 6.42 Å². The molecule has 0 saturated heterocycles. The predicted octanol–water partition coefficient (Wildman–Crippen LogP) is 1.61. The van der Waals surface area contributed by atoms with E-state index in [4.69, 9.17) is 4.74 Å². The number of carbonyl (C=O) groups is 1. The van der Waals surface area contributed by atoms with Crippen LogP contribution in [0.4, 0.5) is 0 Å². The first-order valence-electron chi connectivity index (χ1n) is 3.04. The van der Waals surface area contributed by atoms with Crippen molar-refractivity contribution in [2.75, 3.05) is 0 Å². The minimum atomic E-state index is -0.274. The number of ether oxygens (including phenoxy) is 1. The third kappa shape index (κ3) is 5.69. The summed E-state index contributed by atoms with van der Waals surface area (Å²) in [5.74, 6) is -0.167. The summed E-state index contributed by atoms with van der Waals surface area (Å²) in [6, 6.07) is 0. The first-order chi connectivity index (χ1) is 4.16. The molecule has 0 aliphatic heterocycles. The van der Waals surface area contributed by atoms with Gasteiger partial charge in [-0.25, -0.2) is 0 Å². The molecular formula is C6H12O2S. The zero-order valence-corrected chi connectivity index (χ0v) is 6.65. The molecular weight excluding hydrogens is 136 g/mol. The SMILES string of the molecule is CCCC(=O)OC(C)S. The highest BCUT2D eigenvalue weighted by atomic mass is 32.1. The minimum absolute atomic E-state index is 0.167. The van der Waals surface area contributed by atoms with Gasteiger partial charge in [-0.05, 0) is 13.3 Å². The van der Waals surface area contributed by atoms with Crippen LogP contribution in [0.2, 0.25) is 0 Å². The van der Waals surface area contributed by atoms with Crippen LogP contribution in [-0.4, -0.2) is 11.4 Å². The van der Waals surface area contributed by atoms with Crippen LogP contribution in [0.25, 0.3) is 0 Å². The van der Waals surface area contributed by atoms with Crippen LogP contribution < -0.4 is 0 Å². The quantitative estimate of drug-likeness (QED) is 0.374. The predicted molar refractivity (Wildman–Crippen MR) is 39.4 cm³/mol. The number of hydrogen-bond donors (Lipinski definition) is 1. The minimum Gasteiger partial charge on any atom is -0.452 e. The summed E-state index contributed by atoms with van der Waals surface area (Å²) in [4.78, 5) is 10.6. The third-order valence-electron chi connectivity index (χ3n) is 0.756. The summed E-state index contributed by atoms with van der Waals surface area (Å²) in [7, 11) is 0.